The van der Waals surface area contributed by atoms with Crippen molar-refractivity contribution in [3.05, 3.63) is 49.3 Å². The summed E-state index contributed by atoms with van der Waals surface area (Å²) in [6, 6.07) is 6.10. The van der Waals surface area contributed by atoms with Crippen LogP contribution >= 0.6 is 38.9 Å². The van der Waals surface area contributed by atoms with Crippen LogP contribution in [0.3, 0.4) is 0 Å². The van der Waals surface area contributed by atoms with Crippen LogP contribution in [-0.2, 0) is 6.54 Å². The molecule has 1 aromatic heterocycles. The molecule has 0 bridgehead atoms. The summed E-state index contributed by atoms with van der Waals surface area (Å²) in [5.41, 5.74) is 2.27. The molecule has 18 heavy (non-hydrogen) atoms. The zero-order valence-corrected chi connectivity index (χ0v) is 13.4. The first-order chi connectivity index (χ1) is 8.56. The molecule has 5 heteroatoms. The van der Waals surface area contributed by atoms with Gasteiger partial charge in [0.05, 0.1) is 6.04 Å². The average Bonchev–Trinajstić information content (AvgIpc) is 2.74. The zero-order chi connectivity index (χ0) is 13.1. The second-order valence-electron chi connectivity index (χ2n) is 4.17. The van der Waals surface area contributed by atoms with Crippen LogP contribution in [-0.4, -0.2) is 4.98 Å². The van der Waals surface area contributed by atoms with E-state index in [1.807, 2.05) is 25.1 Å². The van der Waals surface area contributed by atoms with Crippen molar-refractivity contribution in [1.82, 2.24) is 10.3 Å². The van der Waals surface area contributed by atoms with Gasteiger partial charge in [0.2, 0.25) is 0 Å². The number of hydrogen-bond acceptors (Lipinski definition) is 3. The standard InChI is InChI=1S/C13H14BrClN2S/c1-8-7-18-13(17-8)9(2)16-6-10-3-4-11(15)5-12(10)14/h3-5,7,9,16H,6H2,1-2H3. The third-order valence-electron chi connectivity index (χ3n) is 2.62. The molecular weight excluding hydrogens is 332 g/mol. The van der Waals surface area contributed by atoms with Gasteiger partial charge in [-0.05, 0) is 31.5 Å². The Morgan fingerprint density at radius 3 is 2.89 bits per heavy atom. The summed E-state index contributed by atoms with van der Waals surface area (Å²) in [5, 5.41) is 7.41. The first-order valence-electron chi connectivity index (χ1n) is 5.65. The van der Waals surface area contributed by atoms with Crippen molar-refractivity contribution >= 4 is 38.9 Å². The van der Waals surface area contributed by atoms with Gasteiger partial charge in [-0.3, -0.25) is 0 Å². The van der Waals surface area contributed by atoms with E-state index in [-0.39, 0.29) is 6.04 Å². The summed E-state index contributed by atoms with van der Waals surface area (Å²) in [4.78, 5) is 4.48. The van der Waals surface area contributed by atoms with Gasteiger partial charge in [0, 0.05) is 27.1 Å². The monoisotopic (exact) mass is 344 g/mol. The molecule has 0 spiro atoms. The number of halogens is 2. The van der Waals surface area contributed by atoms with Crippen molar-refractivity contribution in [3.8, 4) is 0 Å². The molecule has 1 aromatic carbocycles. The highest BCUT2D eigenvalue weighted by Gasteiger charge is 2.09. The first-order valence-corrected chi connectivity index (χ1v) is 7.70. The van der Waals surface area contributed by atoms with E-state index in [1.165, 1.54) is 5.56 Å². The van der Waals surface area contributed by atoms with Crippen molar-refractivity contribution in [2.24, 2.45) is 0 Å². The number of hydrogen-bond donors (Lipinski definition) is 1. The van der Waals surface area contributed by atoms with Crippen molar-refractivity contribution in [2.45, 2.75) is 26.4 Å². The van der Waals surface area contributed by atoms with Gasteiger partial charge in [-0.2, -0.15) is 0 Å². The fourth-order valence-corrected chi connectivity index (χ4v) is 3.24. The molecule has 0 saturated carbocycles. The Labute approximate surface area is 125 Å². The third-order valence-corrected chi connectivity index (χ3v) is 4.74. The van der Waals surface area contributed by atoms with E-state index in [1.54, 1.807) is 11.3 Å². The molecule has 1 N–H and O–H groups in total. The Morgan fingerprint density at radius 2 is 2.28 bits per heavy atom. The van der Waals surface area contributed by atoms with Gasteiger partial charge in [-0.1, -0.05) is 33.6 Å². The summed E-state index contributed by atoms with van der Waals surface area (Å²) in [5.74, 6) is 0. The molecule has 1 unspecified atom stereocenters. The minimum Gasteiger partial charge on any atom is -0.304 e. The third kappa shape index (κ3) is 3.54. The Kier molecular flexibility index (Phi) is 4.78. The van der Waals surface area contributed by atoms with Crippen molar-refractivity contribution < 1.29 is 0 Å². The molecule has 96 valence electrons. The molecule has 0 radical (unpaired) electrons. The Bertz CT molecular complexity index is 542. The summed E-state index contributed by atoms with van der Waals surface area (Å²) in [6.45, 7) is 4.93. The number of aryl methyl sites for hydroxylation is 1. The maximum atomic E-state index is 5.92. The lowest BCUT2D eigenvalue weighted by molar-refractivity contribution is 0.570. The lowest BCUT2D eigenvalue weighted by Crippen LogP contribution is -2.18. The quantitative estimate of drug-likeness (QED) is 0.867. The Hall–Kier alpha value is -0.420. The smallest absolute Gasteiger partial charge is 0.110 e. The lowest BCUT2D eigenvalue weighted by atomic mass is 10.2. The number of rotatable bonds is 4. The van der Waals surface area contributed by atoms with E-state index in [0.717, 1.165) is 26.7 Å². The van der Waals surface area contributed by atoms with E-state index >= 15 is 0 Å². The maximum absolute atomic E-state index is 5.92. The predicted molar refractivity (Wildman–Crippen MR) is 81.3 cm³/mol. The SMILES string of the molecule is Cc1csc(C(C)NCc2ccc(Cl)cc2Br)n1. The average molecular weight is 346 g/mol. The Balaban J connectivity index is 1.99. The van der Waals surface area contributed by atoms with Crippen LogP contribution in [0.25, 0.3) is 0 Å². The molecule has 0 fully saturated rings. The van der Waals surface area contributed by atoms with E-state index < -0.39 is 0 Å². The van der Waals surface area contributed by atoms with Crippen LogP contribution in [0.2, 0.25) is 5.02 Å². The van der Waals surface area contributed by atoms with Gasteiger partial charge >= 0.3 is 0 Å². The molecule has 2 nitrogen and oxygen atoms in total. The van der Waals surface area contributed by atoms with Crippen LogP contribution in [0.1, 0.15) is 29.2 Å². The van der Waals surface area contributed by atoms with Crippen LogP contribution < -0.4 is 5.32 Å². The van der Waals surface area contributed by atoms with E-state index in [9.17, 15) is 0 Å². The van der Waals surface area contributed by atoms with Gasteiger partial charge < -0.3 is 5.32 Å². The molecule has 0 amide bonds. The fraction of sp³-hybridized carbons (Fsp3) is 0.308. The van der Waals surface area contributed by atoms with Crippen LogP contribution in [0.5, 0.6) is 0 Å². The number of nitrogens with one attached hydrogen (secondary N) is 1. The van der Waals surface area contributed by atoms with Gasteiger partial charge in [0.25, 0.3) is 0 Å². The first kappa shape index (κ1) is 14.0. The molecule has 0 saturated heterocycles. The van der Waals surface area contributed by atoms with Crippen LogP contribution in [0.15, 0.2) is 28.1 Å². The van der Waals surface area contributed by atoms with Crippen molar-refractivity contribution in [1.29, 1.82) is 0 Å². The number of thiazole rings is 1. The number of nitrogens with zero attached hydrogens (tertiary/aromatic N) is 1. The normalized spacial score (nSPS) is 12.7. The maximum Gasteiger partial charge on any atom is 0.110 e. The second-order valence-corrected chi connectivity index (χ2v) is 6.35. The molecule has 1 heterocycles. The van der Waals surface area contributed by atoms with Crippen LogP contribution in [0.4, 0.5) is 0 Å². The van der Waals surface area contributed by atoms with Gasteiger partial charge in [0.1, 0.15) is 5.01 Å². The van der Waals surface area contributed by atoms with E-state index in [2.05, 4.69) is 38.5 Å². The summed E-state index contributed by atoms with van der Waals surface area (Å²) in [6.07, 6.45) is 0. The molecule has 0 aliphatic heterocycles. The van der Waals surface area contributed by atoms with Crippen molar-refractivity contribution in [2.75, 3.05) is 0 Å². The zero-order valence-electron chi connectivity index (χ0n) is 10.2. The number of benzene rings is 1. The molecule has 2 rings (SSSR count). The lowest BCUT2D eigenvalue weighted by Gasteiger charge is -2.12. The van der Waals surface area contributed by atoms with Crippen molar-refractivity contribution in [3.63, 3.8) is 0 Å². The highest BCUT2D eigenvalue weighted by Crippen LogP contribution is 2.23. The Morgan fingerprint density at radius 1 is 1.50 bits per heavy atom. The summed E-state index contributed by atoms with van der Waals surface area (Å²) >= 11 is 11.1. The topological polar surface area (TPSA) is 24.9 Å². The highest BCUT2D eigenvalue weighted by atomic mass is 79.9. The largest absolute Gasteiger partial charge is 0.304 e. The fourth-order valence-electron chi connectivity index (χ4n) is 1.59. The van der Waals surface area contributed by atoms with Gasteiger partial charge in [-0.25, -0.2) is 4.98 Å². The molecule has 0 aliphatic carbocycles. The summed E-state index contributed by atoms with van der Waals surface area (Å²) in [7, 11) is 0. The van der Waals surface area contributed by atoms with E-state index in [0.29, 0.717) is 0 Å². The van der Waals surface area contributed by atoms with Gasteiger partial charge in [0.15, 0.2) is 0 Å². The molecule has 0 aliphatic rings. The minimum atomic E-state index is 0.256. The second kappa shape index (κ2) is 6.15. The molecular formula is C13H14BrClN2S. The highest BCUT2D eigenvalue weighted by molar-refractivity contribution is 9.10. The summed E-state index contributed by atoms with van der Waals surface area (Å²) < 4.78 is 1.03. The minimum absolute atomic E-state index is 0.256. The molecule has 2 aromatic rings. The van der Waals surface area contributed by atoms with Gasteiger partial charge in [-0.15, -0.1) is 11.3 Å². The number of aromatic nitrogens is 1. The molecule has 1 atom stereocenters. The van der Waals surface area contributed by atoms with E-state index in [4.69, 9.17) is 11.6 Å². The predicted octanol–water partition coefficient (Wildman–Crippen LogP) is 4.72. The van der Waals surface area contributed by atoms with Crippen LogP contribution in [0, 0.1) is 6.92 Å².